The molecule has 2 fully saturated rings. The second kappa shape index (κ2) is 7.88. The smallest absolute Gasteiger partial charge is 0.269 e. The largest absolute Gasteiger partial charge is 0.497 e. The zero-order valence-electron chi connectivity index (χ0n) is 17.9. The summed E-state index contributed by atoms with van der Waals surface area (Å²) in [5, 5.41) is 0. The second-order valence-corrected chi connectivity index (χ2v) is 9.74. The van der Waals surface area contributed by atoms with Gasteiger partial charge in [0.15, 0.2) is 0 Å². The Labute approximate surface area is 187 Å². The maximum absolute atomic E-state index is 14.1. The minimum absolute atomic E-state index is 0.0291. The number of anilines is 2. The maximum Gasteiger partial charge on any atom is 0.269 e. The van der Waals surface area contributed by atoms with E-state index in [-0.39, 0.29) is 17.6 Å². The number of methoxy groups -OCH3 is 1. The number of rotatable bonds is 4. The molecule has 2 saturated heterocycles. The first-order valence-corrected chi connectivity index (χ1v) is 11.8. The summed E-state index contributed by atoms with van der Waals surface area (Å²) in [6.07, 6.45) is 2.39. The van der Waals surface area contributed by atoms with Crippen LogP contribution in [0.1, 0.15) is 25.3 Å². The van der Waals surface area contributed by atoms with Crippen molar-refractivity contribution in [2.24, 2.45) is 5.92 Å². The Balaban J connectivity index is 1.55. The average molecular weight is 438 g/mol. The van der Waals surface area contributed by atoms with Gasteiger partial charge in [0, 0.05) is 17.8 Å². The van der Waals surface area contributed by atoms with E-state index in [1.165, 1.54) is 18.2 Å². The van der Waals surface area contributed by atoms with E-state index in [2.05, 4.69) is 11.8 Å². The molecule has 2 amide bonds. The molecule has 0 N–H and O–H groups in total. The Hall–Kier alpha value is -2.51. The molecule has 1 spiro atoms. The summed E-state index contributed by atoms with van der Waals surface area (Å²) in [5.74, 6) is 1.55. The second-order valence-electron chi connectivity index (χ2n) is 8.58. The van der Waals surface area contributed by atoms with E-state index < -0.39 is 4.87 Å². The third-order valence-corrected chi connectivity index (χ3v) is 7.86. The molecule has 0 bridgehead atoms. The first-order valence-electron chi connectivity index (χ1n) is 10.8. The zero-order valence-corrected chi connectivity index (χ0v) is 18.7. The van der Waals surface area contributed by atoms with Gasteiger partial charge in [0.1, 0.15) is 5.75 Å². The summed E-state index contributed by atoms with van der Waals surface area (Å²) in [6.45, 7) is 4.82. The van der Waals surface area contributed by atoms with Crippen LogP contribution in [0.2, 0.25) is 0 Å². The molecule has 6 nitrogen and oxygen atoms in total. The summed E-state index contributed by atoms with van der Waals surface area (Å²) in [5.41, 5.74) is 2.52. The molecule has 0 saturated carbocycles. The van der Waals surface area contributed by atoms with Gasteiger partial charge < -0.3 is 4.74 Å². The standard InChI is InChI=1S/C24H27N3O3S/c1-17-6-5-13-25(14-17)16-26-21-8-4-3-7-20(21)24(23(26)29)27(22(28)15-31-24)18-9-11-19(30-2)12-10-18/h3-4,7-12,17H,5-6,13-16H2,1-2H3/t17-,24-/m1/s1. The SMILES string of the molecule is COc1ccc(N2C(=O)CS[C@]23C(=O)N(CN2CCC[C@@H](C)C2)c2ccccc23)cc1. The van der Waals surface area contributed by atoms with Crippen LogP contribution in [-0.2, 0) is 14.5 Å². The van der Waals surface area contributed by atoms with E-state index in [9.17, 15) is 9.59 Å². The average Bonchev–Trinajstić information content (AvgIpc) is 3.25. The topological polar surface area (TPSA) is 53.1 Å². The van der Waals surface area contributed by atoms with E-state index in [1.54, 1.807) is 12.0 Å². The number of likely N-dealkylation sites (tertiary alicyclic amines) is 1. The zero-order chi connectivity index (χ0) is 21.6. The van der Waals surface area contributed by atoms with Crippen LogP contribution in [0.4, 0.5) is 11.4 Å². The van der Waals surface area contributed by atoms with Crippen LogP contribution < -0.4 is 14.5 Å². The Morgan fingerprint density at radius 2 is 1.90 bits per heavy atom. The molecule has 0 radical (unpaired) electrons. The van der Waals surface area contributed by atoms with Crippen LogP contribution in [0.25, 0.3) is 0 Å². The van der Waals surface area contributed by atoms with E-state index in [1.807, 2.05) is 53.4 Å². The normalized spacial score (nSPS) is 26.1. The third-order valence-electron chi connectivity index (χ3n) is 6.48. The third kappa shape index (κ3) is 3.22. The van der Waals surface area contributed by atoms with Gasteiger partial charge in [-0.05, 0) is 55.6 Å². The van der Waals surface area contributed by atoms with Crippen molar-refractivity contribution in [2.75, 3.05) is 42.4 Å². The number of thioether (sulfide) groups is 1. The lowest BCUT2D eigenvalue weighted by atomic mass is 10.0. The molecule has 7 heteroatoms. The summed E-state index contributed by atoms with van der Waals surface area (Å²) in [4.78, 5) is 32.0. The summed E-state index contributed by atoms with van der Waals surface area (Å²) in [7, 11) is 1.61. The molecule has 0 aromatic heterocycles. The summed E-state index contributed by atoms with van der Waals surface area (Å²) < 4.78 is 5.27. The Bertz CT molecular complexity index is 1010. The maximum atomic E-state index is 14.1. The van der Waals surface area contributed by atoms with Gasteiger partial charge in [-0.15, -0.1) is 11.8 Å². The predicted octanol–water partition coefficient (Wildman–Crippen LogP) is 3.66. The van der Waals surface area contributed by atoms with Crippen molar-refractivity contribution in [1.29, 1.82) is 0 Å². The van der Waals surface area contributed by atoms with Crippen LogP contribution in [-0.4, -0.2) is 49.3 Å². The van der Waals surface area contributed by atoms with E-state index in [4.69, 9.17) is 4.74 Å². The van der Waals surface area contributed by atoms with Gasteiger partial charge in [-0.1, -0.05) is 25.1 Å². The summed E-state index contributed by atoms with van der Waals surface area (Å²) >= 11 is 1.43. The summed E-state index contributed by atoms with van der Waals surface area (Å²) in [6, 6.07) is 15.3. The number of ether oxygens (including phenoxy) is 1. The van der Waals surface area contributed by atoms with E-state index in [0.29, 0.717) is 18.3 Å². The quantitative estimate of drug-likeness (QED) is 0.731. The van der Waals surface area contributed by atoms with Gasteiger partial charge in [0.2, 0.25) is 10.8 Å². The van der Waals surface area contributed by atoms with Gasteiger partial charge in [-0.3, -0.25) is 24.3 Å². The highest BCUT2D eigenvalue weighted by Gasteiger charge is 2.61. The van der Waals surface area contributed by atoms with Gasteiger partial charge in [0.05, 0.1) is 25.2 Å². The molecular formula is C24H27N3O3S. The molecule has 2 aromatic carbocycles. The number of nitrogens with zero attached hydrogens (tertiary/aromatic N) is 3. The number of benzene rings is 2. The van der Waals surface area contributed by atoms with Crippen molar-refractivity contribution in [3.8, 4) is 5.75 Å². The Morgan fingerprint density at radius 3 is 2.65 bits per heavy atom. The molecule has 2 atom stereocenters. The minimum Gasteiger partial charge on any atom is -0.497 e. The van der Waals surface area contributed by atoms with Crippen molar-refractivity contribution in [1.82, 2.24) is 4.90 Å². The van der Waals surface area contributed by atoms with Crippen LogP contribution >= 0.6 is 11.8 Å². The first-order chi connectivity index (χ1) is 15.0. The fourth-order valence-electron chi connectivity index (χ4n) is 5.04. The number of hydrogen-bond donors (Lipinski definition) is 0. The molecule has 31 heavy (non-hydrogen) atoms. The fourth-order valence-corrected chi connectivity index (χ4v) is 6.40. The number of carbonyl (C=O) groups excluding carboxylic acids is 2. The van der Waals surface area contributed by atoms with Crippen LogP contribution in [0, 0.1) is 5.92 Å². The van der Waals surface area contributed by atoms with Crippen molar-refractivity contribution >= 4 is 35.0 Å². The van der Waals surface area contributed by atoms with E-state index in [0.717, 1.165) is 36.5 Å². The number of hydrogen-bond acceptors (Lipinski definition) is 5. The number of para-hydroxylation sites is 1. The molecule has 3 heterocycles. The van der Waals surface area contributed by atoms with Crippen molar-refractivity contribution in [2.45, 2.75) is 24.6 Å². The van der Waals surface area contributed by atoms with Gasteiger partial charge in [-0.2, -0.15) is 0 Å². The monoisotopic (exact) mass is 437 g/mol. The molecule has 3 aliphatic rings. The highest BCUT2D eigenvalue weighted by molar-refractivity contribution is 8.02. The molecule has 3 aliphatic heterocycles. The van der Waals surface area contributed by atoms with Crippen molar-refractivity contribution in [3.63, 3.8) is 0 Å². The lowest BCUT2D eigenvalue weighted by molar-refractivity contribution is -0.124. The first kappa shape index (κ1) is 20.4. The number of piperidine rings is 1. The molecule has 5 rings (SSSR count). The van der Waals surface area contributed by atoms with Crippen LogP contribution in [0.5, 0.6) is 5.75 Å². The highest BCUT2D eigenvalue weighted by Crippen LogP contribution is 2.55. The lowest BCUT2D eigenvalue weighted by Crippen LogP contribution is -2.52. The minimum atomic E-state index is -1.05. The molecule has 0 unspecified atom stereocenters. The van der Waals surface area contributed by atoms with Crippen LogP contribution in [0.3, 0.4) is 0 Å². The Morgan fingerprint density at radius 1 is 1.13 bits per heavy atom. The lowest BCUT2D eigenvalue weighted by Gasteiger charge is -2.36. The molecule has 0 aliphatic carbocycles. The van der Waals surface area contributed by atoms with Crippen LogP contribution in [0.15, 0.2) is 48.5 Å². The van der Waals surface area contributed by atoms with E-state index >= 15 is 0 Å². The van der Waals surface area contributed by atoms with Crippen molar-refractivity contribution < 1.29 is 14.3 Å². The number of fused-ring (bicyclic) bond motifs is 2. The number of amides is 2. The number of carbonyl (C=O) groups is 2. The highest BCUT2D eigenvalue weighted by atomic mass is 32.2. The van der Waals surface area contributed by atoms with Crippen molar-refractivity contribution in [3.05, 3.63) is 54.1 Å². The molecule has 2 aromatic rings. The molecule has 162 valence electrons. The Kier molecular flexibility index (Phi) is 5.18. The predicted molar refractivity (Wildman–Crippen MR) is 123 cm³/mol. The van der Waals surface area contributed by atoms with Gasteiger partial charge in [0.25, 0.3) is 5.91 Å². The molecular weight excluding hydrogens is 410 g/mol. The van der Waals surface area contributed by atoms with Gasteiger partial charge >= 0.3 is 0 Å². The van der Waals surface area contributed by atoms with Gasteiger partial charge in [-0.25, -0.2) is 0 Å². The fraction of sp³-hybridized carbons (Fsp3) is 0.417.